The average Bonchev–Trinajstić information content (AvgIpc) is 2.49. The molecule has 0 bridgehead atoms. The van der Waals surface area contributed by atoms with Gasteiger partial charge in [-0.15, -0.1) is 0 Å². The van der Waals surface area contributed by atoms with Crippen molar-refractivity contribution >= 4 is 16.6 Å². The SMILES string of the molecule is CC1CCC(C)N(c2ncc(CO)c3ccccc23)C1. The number of pyridine rings is 1. The molecule has 20 heavy (non-hydrogen) atoms. The van der Waals surface area contributed by atoms with E-state index in [1.807, 2.05) is 18.3 Å². The quantitative estimate of drug-likeness (QED) is 0.909. The normalized spacial score (nSPS) is 23.2. The molecule has 3 heteroatoms. The van der Waals surface area contributed by atoms with E-state index in [1.165, 1.54) is 12.8 Å². The molecule has 1 aromatic heterocycles. The number of piperidine rings is 1. The molecule has 1 aromatic carbocycles. The van der Waals surface area contributed by atoms with Crippen LogP contribution < -0.4 is 4.90 Å². The monoisotopic (exact) mass is 270 g/mol. The highest BCUT2D eigenvalue weighted by atomic mass is 16.3. The summed E-state index contributed by atoms with van der Waals surface area (Å²) < 4.78 is 0. The summed E-state index contributed by atoms with van der Waals surface area (Å²) in [6, 6.07) is 8.79. The van der Waals surface area contributed by atoms with Crippen molar-refractivity contribution in [1.82, 2.24) is 4.98 Å². The molecule has 0 spiro atoms. The Labute approximate surface area is 120 Å². The number of aliphatic hydroxyl groups is 1. The summed E-state index contributed by atoms with van der Waals surface area (Å²) in [7, 11) is 0. The van der Waals surface area contributed by atoms with Crippen LogP contribution in [0, 0.1) is 5.92 Å². The molecule has 106 valence electrons. The number of anilines is 1. The summed E-state index contributed by atoms with van der Waals surface area (Å²) in [4.78, 5) is 7.08. The van der Waals surface area contributed by atoms with Gasteiger partial charge in [-0.1, -0.05) is 31.2 Å². The van der Waals surface area contributed by atoms with Crippen molar-refractivity contribution in [3.05, 3.63) is 36.0 Å². The molecule has 2 heterocycles. The first-order valence-corrected chi connectivity index (χ1v) is 7.45. The van der Waals surface area contributed by atoms with Gasteiger partial charge in [0, 0.05) is 29.7 Å². The van der Waals surface area contributed by atoms with Crippen LogP contribution in [0.25, 0.3) is 10.8 Å². The first kappa shape index (κ1) is 13.4. The van der Waals surface area contributed by atoms with Gasteiger partial charge in [0.25, 0.3) is 0 Å². The Bertz CT molecular complexity index is 611. The van der Waals surface area contributed by atoms with Gasteiger partial charge in [-0.25, -0.2) is 4.98 Å². The van der Waals surface area contributed by atoms with Crippen LogP contribution in [0.2, 0.25) is 0 Å². The molecule has 3 nitrogen and oxygen atoms in total. The van der Waals surface area contributed by atoms with Gasteiger partial charge in [-0.3, -0.25) is 0 Å². The van der Waals surface area contributed by atoms with E-state index in [0.717, 1.165) is 28.7 Å². The van der Waals surface area contributed by atoms with Gasteiger partial charge >= 0.3 is 0 Å². The largest absolute Gasteiger partial charge is 0.392 e. The van der Waals surface area contributed by atoms with E-state index in [-0.39, 0.29) is 6.61 Å². The second-order valence-corrected chi connectivity index (χ2v) is 5.99. The molecule has 1 aliphatic heterocycles. The fourth-order valence-corrected chi connectivity index (χ4v) is 3.17. The van der Waals surface area contributed by atoms with Crippen LogP contribution in [-0.2, 0) is 6.61 Å². The second-order valence-electron chi connectivity index (χ2n) is 5.99. The average molecular weight is 270 g/mol. The Hall–Kier alpha value is -1.61. The lowest BCUT2D eigenvalue weighted by Crippen LogP contribution is -2.41. The van der Waals surface area contributed by atoms with Crippen LogP contribution in [0.1, 0.15) is 32.3 Å². The van der Waals surface area contributed by atoms with Crippen molar-refractivity contribution in [3.63, 3.8) is 0 Å². The number of aliphatic hydroxyl groups excluding tert-OH is 1. The number of fused-ring (bicyclic) bond motifs is 1. The molecule has 1 aliphatic rings. The van der Waals surface area contributed by atoms with Crippen LogP contribution in [0.4, 0.5) is 5.82 Å². The Balaban J connectivity index is 2.12. The molecule has 0 saturated carbocycles. The molecule has 0 radical (unpaired) electrons. The third-order valence-electron chi connectivity index (χ3n) is 4.42. The summed E-state index contributed by atoms with van der Waals surface area (Å²) in [6.07, 6.45) is 4.34. The van der Waals surface area contributed by atoms with Crippen LogP contribution in [0.15, 0.2) is 30.5 Å². The maximum atomic E-state index is 9.48. The topological polar surface area (TPSA) is 36.4 Å². The van der Waals surface area contributed by atoms with Crippen molar-refractivity contribution in [2.75, 3.05) is 11.4 Å². The van der Waals surface area contributed by atoms with E-state index in [4.69, 9.17) is 0 Å². The molecular weight excluding hydrogens is 248 g/mol. The van der Waals surface area contributed by atoms with E-state index < -0.39 is 0 Å². The van der Waals surface area contributed by atoms with Gasteiger partial charge in [-0.2, -0.15) is 0 Å². The lowest BCUT2D eigenvalue weighted by Gasteiger charge is -2.38. The third kappa shape index (κ3) is 2.27. The van der Waals surface area contributed by atoms with Crippen LogP contribution in [0.5, 0.6) is 0 Å². The molecule has 2 aromatic rings. The smallest absolute Gasteiger partial charge is 0.136 e. The van der Waals surface area contributed by atoms with E-state index in [0.29, 0.717) is 12.0 Å². The molecule has 0 aliphatic carbocycles. The lowest BCUT2D eigenvalue weighted by atomic mass is 9.94. The first-order chi connectivity index (χ1) is 9.70. The minimum Gasteiger partial charge on any atom is -0.392 e. The number of rotatable bonds is 2. The van der Waals surface area contributed by atoms with Gasteiger partial charge < -0.3 is 10.0 Å². The summed E-state index contributed by atoms with van der Waals surface area (Å²) in [5, 5.41) is 11.7. The Morgan fingerprint density at radius 3 is 2.70 bits per heavy atom. The number of aromatic nitrogens is 1. The van der Waals surface area contributed by atoms with Crippen molar-refractivity contribution < 1.29 is 5.11 Å². The molecule has 2 unspecified atom stereocenters. The summed E-state index contributed by atoms with van der Waals surface area (Å²) in [5.41, 5.74) is 0.905. The first-order valence-electron chi connectivity index (χ1n) is 7.45. The molecular formula is C17H22N2O. The van der Waals surface area contributed by atoms with Gasteiger partial charge in [-0.05, 0) is 31.1 Å². The number of hydrogen-bond donors (Lipinski definition) is 1. The molecule has 3 rings (SSSR count). The fourth-order valence-electron chi connectivity index (χ4n) is 3.17. The Morgan fingerprint density at radius 1 is 1.20 bits per heavy atom. The van der Waals surface area contributed by atoms with Crippen LogP contribution >= 0.6 is 0 Å². The maximum Gasteiger partial charge on any atom is 0.136 e. The Kier molecular flexibility index (Phi) is 3.62. The van der Waals surface area contributed by atoms with Crippen molar-refractivity contribution in [1.29, 1.82) is 0 Å². The molecule has 1 fully saturated rings. The van der Waals surface area contributed by atoms with Crippen LogP contribution in [-0.4, -0.2) is 22.7 Å². The highest BCUT2D eigenvalue weighted by Crippen LogP contribution is 2.32. The zero-order valence-corrected chi connectivity index (χ0v) is 12.2. The highest BCUT2D eigenvalue weighted by Gasteiger charge is 2.25. The summed E-state index contributed by atoms with van der Waals surface area (Å²) in [5.74, 6) is 1.78. The molecule has 1 N–H and O–H groups in total. The predicted molar refractivity (Wildman–Crippen MR) is 82.9 cm³/mol. The second kappa shape index (κ2) is 5.41. The van der Waals surface area contributed by atoms with E-state index in [9.17, 15) is 5.11 Å². The zero-order valence-electron chi connectivity index (χ0n) is 12.2. The molecule has 2 atom stereocenters. The van der Waals surface area contributed by atoms with Crippen LogP contribution in [0.3, 0.4) is 0 Å². The van der Waals surface area contributed by atoms with E-state index in [2.05, 4.69) is 35.9 Å². The van der Waals surface area contributed by atoms with Crippen molar-refractivity contribution in [3.8, 4) is 0 Å². The molecule has 1 saturated heterocycles. The summed E-state index contributed by atoms with van der Waals surface area (Å²) in [6.45, 7) is 5.70. The minimum atomic E-state index is 0.0414. The number of hydrogen-bond acceptors (Lipinski definition) is 3. The van der Waals surface area contributed by atoms with Gasteiger partial charge in [0.05, 0.1) is 6.61 Å². The Morgan fingerprint density at radius 2 is 1.95 bits per heavy atom. The predicted octanol–water partition coefficient (Wildman–Crippen LogP) is 3.35. The lowest BCUT2D eigenvalue weighted by molar-refractivity contribution is 0.283. The number of nitrogens with zero attached hydrogens (tertiary/aromatic N) is 2. The minimum absolute atomic E-state index is 0.0414. The number of benzene rings is 1. The zero-order chi connectivity index (χ0) is 14.1. The van der Waals surface area contributed by atoms with E-state index >= 15 is 0 Å². The highest BCUT2D eigenvalue weighted by molar-refractivity contribution is 5.94. The third-order valence-corrected chi connectivity index (χ3v) is 4.42. The fraction of sp³-hybridized carbons (Fsp3) is 0.471. The van der Waals surface area contributed by atoms with E-state index in [1.54, 1.807) is 0 Å². The van der Waals surface area contributed by atoms with Gasteiger partial charge in [0.2, 0.25) is 0 Å². The van der Waals surface area contributed by atoms with Gasteiger partial charge in [0.1, 0.15) is 5.82 Å². The maximum absolute atomic E-state index is 9.48. The molecule has 0 amide bonds. The standard InChI is InChI=1S/C17H22N2O/c1-12-7-8-13(2)19(10-12)17-16-6-4-3-5-15(16)14(11-20)9-18-17/h3-6,9,12-13,20H,7-8,10-11H2,1-2H3. The van der Waals surface area contributed by atoms with Gasteiger partial charge in [0.15, 0.2) is 0 Å². The van der Waals surface area contributed by atoms with Crippen molar-refractivity contribution in [2.45, 2.75) is 39.3 Å². The van der Waals surface area contributed by atoms with Crippen molar-refractivity contribution in [2.24, 2.45) is 5.92 Å². The summed E-state index contributed by atoms with van der Waals surface area (Å²) >= 11 is 0.